The van der Waals surface area contributed by atoms with Crippen molar-refractivity contribution in [1.82, 2.24) is 4.98 Å². The molecule has 3 nitrogen and oxygen atoms in total. The maximum Gasteiger partial charge on any atom is 0.217 e. The van der Waals surface area contributed by atoms with Gasteiger partial charge in [-0.15, -0.1) is 0 Å². The first-order chi connectivity index (χ1) is 6.74. The molecule has 0 saturated heterocycles. The monoisotopic (exact) mass is 190 g/mol. The van der Waals surface area contributed by atoms with E-state index in [1.54, 1.807) is 6.92 Å². The van der Waals surface area contributed by atoms with Crippen LogP contribution >= 0.6 is 0 Å². The Bertz CT molecular complexity index is 376. The summed E-state index contributed by atoms with van der Waals surface area (Å²) in [4.78, 5) is 12.7. The van der Waals surface area contributed by atoms with Gasteiger partial charge in [0.05, 0.1) is 0 Å². The number of primary amides is 1. The van der Waals surface area contributed by atoms with Crippen molar-refractivity contribution >= 4 is 16.8 Å². The maximum absolute atomic E-state index is 9.59. The van der Waals surface area contributed by atoms with Gasteiger partial charge >= 0.3 is 0 Å². The summed E-state index contributed by atoms with van der Waals surface area (Å²) in [6.45, 7) is 1.72. The third-order valence-electron chi connectivity index (χ3n) is 1.81. The van der Waals surface area contributed by atoms with Crippen molar-refractivity contribution in [3.05, 3.63) is 36.5 Å². The van der Waals surface area contributed by atoms with Crippen LogP contribution in [0.1, 0.15) is 13.3 Å². The number of fused-ring (bicyclic) bond motifs is 1. The quantitative estimate of drug-likeness (QED) is 0.710. The summed E-state index contributed by atoms with van der Waals surface area (Å²) in [7, 11) is 0. The summed E-state index contributed by atoms with van der Waals surface area (Å²) >= 11 is 0. The highest BCUT2D eigenvalue weighted by Crippen LogP contribution is 2.09. The third kappa shape index (κ3) is 2.94. The van der Waals surface area contributed by atoms with E-state index in [9.17, 15) is 4.79 Å². The SMILES string of the molecule is CCC(N)=O.c1ccc2[nH]ccc2c1. The van der Waals surface area contributed by atoms with Gasteiger partial charge in [0.1, 0.15) is 0 Å². The number of para-hydroxylation sites is 1. The molecule has 0 aliphatic heterocycles. The van der Waals surface area contributed by atoms with E-state index in [-0.39, 0.29) is 5.91 Å². The molecule has 0 saturated carbocycles. The Morgan fingerprint density at radius 2 is 2.00 bits per heavy atom. The predicted molar refractivity (Wildman–Crippen MR) is 57.8 cm³/mol. The van der Waals surface area contributed by atoms with Gasteiger partial charge in [0.25, 0.3) is 0 Å². The Labute approximate surface area is 82.9 Å². The van der Waals surface area contributed by atoms with Crippen molar-refractivity contribution in [1.29, 1.82) is 0 Å². The number of benzene rings is 1. The molecule has 0 spiro atoms. The Balaban J connectivity index is 0.000000171. The summed E-state index contributed by atoms with van der Waals surface area (Å²) < 4.78 is 0. The van der Waals surface area contributed by atoms with Crippen LogP contribution in [0.15, 0.2) is 36.5 Å². The van der Waals surface area contributed by atoms with E-state index in [0.29, 0.717) is 6.42 Å². The highest BCUT2D eigenvalue weighted by molar-refractivity contribution is 5.78. The number of carbonyl (C=O) groups is 1. The fourth-order valence-electron chi connectivity index (χ4n) is 0.995. The number of aromatic nitrogens is 1. The molecule has 0 atom stereocenters. The second-order valence-electron chi connectivity index (χ2n) is 2.88. The molecule has 0 aliphatic carbocycles. The highest BCUT2D eigenvalue weighted by Gasteiger charge is 1.86. The average Bonchev–Trinajstić information content (AvgIpc) is 2.66. The van der Waals surface area contributed by atoms with Crippen LogP contribution in [0.4, 0.5) is 0 Å². The molecule has 1 aromatic carbocycles. The van der Waals surface area contributed by atoms with Crippen LogP contribution in [0.5, 0.6) is 0 Å². The lowest BCUT2D eigenvalue weighted by molar-refractivity contribution is -0.117. The van der Waals surface area contributed by atoms with Gasteiger partial charge in [-0.1, -0.05) is 25.1 Å². The smallest absolute Gasteiger partial charge is 0.217 e. The number of nitrogens with two attached hydrogens (primary N) is 1. The molecule has 0 aliphatic rings. The van der Waals surface area contributed by atoms with E-state index in [4.69, 9.17) is 0 Å². The number of aromatic amines is 1. The van der Waals surface area contributed by atoms with Crippen molar-refractivity contribution in [2.45, 2.75) is 13.3 Å². The normalized spacial score (nSPS) is 9.21. The van der Waals surface area contributed by atoms with E-state index in [2.05, 4.69) is 28.9 Å². The zero-order chi connectivity index (χ0) is 10.4. The van der Waals surface area contributed by atoms with Gasteiger partial charge in [0.15, 0.2) is 0 Å². The highest BCUT2D eigenvalue weighted by atomic mass is 16.1. The molecule has 2 rings (SSSR count). The molecule has 1 aromatic heterocycles. The van der Waals surface area contributed by atoms with E-state index in [1.165, 1.54) is 10.9 Å². The first-order valence-electron chi connectivity index (χ1n) is 4.54. The standard InChI is InChI=1S/C8H7N.C3H7NO/c1-2-4-8-7(3-1)5-6-9-8;1-2-3(4)5/h1-6,9H;2H2,1H3,(H2,4,5). The molecule has 2 aromatic rings. The largest absolute Gasteiger partial charge is 0.370 e. The topological polar surface area (TPSA) is 58.9 Å². The van der Waals surface area contributed by atoms with Crippen LogP contribution in [-0.2, 0) is 4.79 Å². The second kappa shape index (κ2) is 5.07. The van der Waals surface area contributed by atoms with Crippen LogP contribution in [-0.4, -0.2) is 10.9 Å². The average molecular weight is 190 g/mol. The second-order valence-corrected chi connectivity index (χ2v) is 2.88. The number of carbonyl (C=O) groups excluding carboxylic acids is 1. The van der Waals surface area contributed by atoms with E-state index < -0.39 is 0 Å². The van der Waals surface area contributed by atoms with Gasteiger partial charge in [0, 0.05) is 18.1 Å². The van der Waals surface area contributed by atoms with Crippen LogP contribution in [0.25, 0.3) is 10.9 Å². The lowest BCUT2D eigenvalue weighted by Crippen LogP contribution is -2.06. The van der Waals surface area contributed by atoms with E-state index in [1.807, 2.05) is 18.3 Å². The lowest BCUT2D eigenvalue weighted by atomic mass is 10.3. The van der Waals surface area contributed by atoms with E-state index >= 15 is 0 Å². The zero-order valence-electron chi connectivity index (χ0n) is 8.16. The number of rotatable bonds is 1. The number of hydrogen-bond acceptors (Lipinski definition) is 1. The minimum absolute atomic E-state index is 0.245. The number of nitrogens with one attached hydrogen (secondary N) is 1. The molecule has 3 N–H and O–H groups in total. The molecular weight excluding hydrogens is 176 g/mol. The summed E-state index contributed by atoms with van der Waals surface area (Å²) in [5, 5.41) is 1.28. The van der Waals surface area contributed by atoms with Crippen LogP contribution in [0, 0.1) is 0 Å². The molecule has 1 heterocycles. The van der Waals surface area contributed by atoms with Crippen LogP contribution in [0.2, 0.25) is 0 Å². The molecular formula is C11H14N2O. The Hall–Kier alpha value is -1.77. The molecule has 0 fully saturated rings. The van der Waals surface area contributed by atoms with Gasteiger partial charge in [-0.2, -0.15) is 0 Å². The molecule has 0 radical (unpaired) electrons. The van der Waals surface area contributed by atoms with Crippen LogP contribution in [0.3, 0.4) is 0 Å². The summed E-state index contributed by atoms with van der Waals surface area (Å²) in [5.41, 5.74) is 5.86. The van der Waals surface area contributed by atoms with Gasteiger partial charge in [0.2, 0.25) is 5.91 Å². The molecule has 3 heteroatoms. The summed E-state index contributed by atoms with van der Waals surface area (Å²) in [5.74, 6) is -0.245. The lowest BCUT2D eigenvalue weighted by Gasteiger charge is -1.83. The molecule has 14 heavy (non-hydrogen) atoms. The number of H-pyrrole nitrogens is 1. The van der Waals surface area contributed by atoms with Crippen molar-refractivity contribution < 1.29 is 4.79 Å². The minimum Gasteiger partial charge on any atom is -0.370 e. The summed E-state index contributed by atoms with van der Waals surface area (Å²) in [6, 6.07) is 10.3. The first-order valence-corrected chi connectivity index (χ1v) is 4.54. The van der Waals surface area contributed by atoms with Gasteiger partial charge in [-0.05, 0) is 17.5 Å². The summed E-state index contributed by atoms with van der Waals surface area (Å²) in [6.07, 6.45) is 2.39. The number of amides is 1. The van der Waals surface area contributed by atoms with Gasteiger partial charge < -0.3 is 10.7 Å². The fourth-order valence-corrected chi connectivity index (χ4v) is 0.995. The molecule has 74 valence electrons. The molecule has 0 unspecified atom stereocenters. The number of hydrogen-bond donors (Lipinski definition) is 2. The minimum atomic E-state index is -0.245. The Morgan fingerprint density at radius 1 is 1.36 bits per heavy atom. The van der Waals surface area contributed by atoms with Crippen molar-refractivity contribution in [2.75, 3.05) is 0 Å². The predicted octanol–water partition coefficient (Wildman–Crippen LogP) is 2.05. The maximum atomic E-state index is 9.59. The van der Waals surface area contributed by atoms with E-state index in [0.717, 1.165) is 0 Å². The fraction of sp³-hybridized carbons (Fsp3) is 0.182. The molecule has 1 amide bonds. The van der Waals surface area contributed by atoms with Crippen molar-refractivity contribution in [2.24, 2.45) is 5.73 Å². The van der Waals surface area contributed by atoms with Crippen LogP contribution < -0.4 is 5.73 Å². The third-order valence-corrected chi connectivity index (χ3v) is 1.81. The first kappa shape index (κ1) is 10.3. The van der Waals surface area contributed by atoms with Crippen molar-refractivity contribution in [3.8, 4) is 0 Å². The Morgan fingerprint density at radius 3 is 2.57 bits per heavy atom. The zero-order valence-corrected chi connectivity index (χ0v) is 8.16. The van der Waals surface area contributed by atoms with Crippen molar-refractivity contribution in [3.63, 3.8) is 0 Å². The Kier molecular flexibility index (Phi) is 3.73. The molecule has 0 bridgehead atoms. The van der Waals surface area contributed by atoms with Gasteiger partial charge in [-0.3, -0.25) is 4.79 Å². The van der Waals surface area contributed by atoms with Gasteiger partial charge in [-0.25, -0.2) is 0 Å².